The van der Waals surface area contributed by atoms with Crippen LogP contribution in [0, 0.1) is 0 Å². The van der Waals surface area contributed by atoms with E-state index < -0.39 is 0 Å². The van der Waals surface area contributed by atoms with E-state index in [0.717, 1.165) is 11.1 Å². The third-order valence-electron chi connectivity index (χ3n) is 4.71. The zero-order valence-electron chi connectivity index (χ0n) is 17.5. The molecule has 0 N–H and O–H groups in total. The van der Waals surface area contributed by atoms with E-state index >= 15 is 0 Å². The second-order valence-corrected chi connectivity index (χ2v) is 8.16. The Bertz CT molecular complexity index is 1230. The minimum absolute atomic E-state index is 0.311. The van der Waals surface area contributed by atoms with Crippen molar-refractivity contribution in [2.75, 3.05) is 14.2 Å². The number of carbonyl (C=O) groups is 1. The van der Waals surface area contributed by atoms with Crippen molar-refractivity contribution in [2.45, 2.75) is 10.9 Å². The fraction of sp³-hybridized carbons (Fsp3) is 0.125. The minimum Gasteiger partial charge on any atom is -0.493 e. The maximum Gasteiger partial charge on any atom is 0.280 e. The predicted octanol–water partition coefficient (Wildman–Crippen LogP) is 5.60. The topological polar surface area (TPSA) is 66.2 Å². The summed E-state index contributed by atoms with van der Waals surface area (Å²) in [5.41, 5.74) is 2.31. The number of hydrogen-bond donors (Lipinski definition) is 0. The van der Waals surface area contributed by atoms with Gasteiger partial charge >= 0.3 is 0 Å². The zero-order valence-corrected chi connectivity index (χ0v) is 19.1. The van der Waals surface area contributed by atoms with Gasteiger partial charge in [0.1, 0.15) is 0 Å². The molecule has 0 aliphatic rings. The molecule has 0 saturated carbocycles. The number of ether oxygens (including phenoxy) is 2. The number of halogens is 1. The van der Waals surface area contributed by atoms with E-state index in [-0.39, 0.29) is 5.91 Å². The predicted molar refractivity (Wildman–Crippen MR) is 126 cm³/mol. The summed E-state index contributed by atoms with van der Waals surface area (Å²) in [4.78, 5) is 18.0. The van der Waals surface area contributed by atoms with E-state index in [1.165, 1.54) is 23.6 Å². The van der Waals surface area contributed by atoms with Gasteiger partial charge in [-0.25, -0.2) is 4.98 Å². The molecule has 0 saturated heterocycles. The Kier molecular flexibility index (Phi) is 6.78. The molecule has 32 heavy (non-hydrogen) atoms. The van der Waals surface area contributed by atoms with E-state index in [1.54, 1.807) is 37.4 Å². The summed E-state index contributed by atoms with van der Waals surface area (Å²) < 4.78 is 11.9. The highest BCUT2D eigenvalue weighted by Gasteiger charge is 2.20. The fourth-order valence-corrected chi connectivity index (χ4v) is 4.07. The lowest BCUT2D eigenvalue weighted by molar-refractivity contribution is 0.0933. The second-order valence-electron chi connectivity index (χ2n) is 6.79. The summed E-state index contributed by atoms with van der Waals surface area (Å²) in [7, 11) is 3.08. The molecule has 0 amide bonds. The van der Waals surface area contributed by atoms with Gasteiger partial charge in [-0.3, -0.25) is 4.79 Å². The van der Waals surface area contributed by atoms with Crippen LogP contribution in [0.2, 0.25) is 5.02 Å². The molecule has 8 heteroatoms. The van der Waals surface area contributed by atoms with Crippen LogP contribution in [-0.2, 0) is 5.75 Å². The molecular weight excluding hydrogens is 446 g/mol. The Morgan fingerprint density at radius 2 is 1.69 bits per heavy atom. The van der Waals surface area contributed by atoms with Gasteiger partial charge in [-0.15, -0.1) is 5.10 Å². The second kappa shape index (κ2) is 9.89. The molecule has 0 aliphatic heterocycles. The van der Waals surface area contributed by atoms with Crippen molar-refractivity contribution in [2.24, 2.45) is 0 Å². The molecule has 0 radical (unpaired) electrons. The monoisotopic (exact) mass is 465 g/mol. The Morgan fingerprint density at radius 3 is 2.38 bits per heavy atom. The number of hydrogen-bond acceptors (Lipinski definition) is 6. The van der Waals surface area contributed by atoms with Crippen molar-refractivity contribution < 1.29 is 14.3 Å². The summed E-state index contributed by atoms with van der Waals surface area (Å²) >= 11 is 7.46. The third-order valence-corrected chi connectivity index (χ3v) is 5.97. The van der Waals surface area contributed by atoms with E-state index in [4.69, 9.17) is 21.1 Å². The first-order chi connectivity index (χ1) is 15.6. The van der Waals surface area contributed by atoms with Crippen molar-refractivity contribution in [3.05, 3.63) is 88.9 Å². The smallest absolute Gasteiger partial charge is 0.280 e. The lowest BCUT2D eigenvalue weighted by Gasteiger charge is -2.09. The summed E-state index contributed by atoms with van der Waals surface area (Å²) in [5, 5.41) is 5.63. The lowest BCUT2D eigenvalue weighted by atomic mass is 10.2. The number of aromatic nitrogens is 3. The Morgan fingerprint density at radius 1 is 0.969 bits per heavy atom. The zero-order chi connectivity index (χ0) is 22.5. The molecule has 0 unspecified atom stereocenters. The van der Waals surface area contributed by atoms with Crippen LogP contribution < -0.4 is 9.47 Å². The molecule has 4 aromatic rings. The van der Waals surface area contributed by atoms with Crippen molar-refractivity contribution >= 4 is 29.3 Å². The van der Waals surface area contributed by atoms with Gasteiger partial charge in [-0.2, -0.15) is 4.68 Å². The number of carbonyl (C=O) groups excluding carboxylic acids is 1. The van der Waals surface area contributed by atoms with Gasteiger partial charge in [0.25, 0.3) is 5.91 Å². The van der Waals surface area contributed by atoms with Crippen molar-refractivity contribution in [3.63, 3.8) is 0 Å². The van der Waals surface area contributed by atoms with E-state index in [0.29, 0.717) is 38.8 Å². The highest BCUT2D eigenvalue weighted by molar-refractivity contribution is 7.98. The molecule has 1 heterocycles. The van der Waals surface area contributed by atoms with Gasteiger partial charge in [-0.1, -0.05) is 53.7 Å². The molecule has 0 bridgehead atoms. The Balaban J connectivity index is 1.71. The molecule has 3 aromatic carbocycles. The molecule has 0 atom stereocenters. The first-order valence-electron chi connectivity index (χ1n) is 9.75. The molecule has 6 nitrogen and oxygen atoms in total. The largest absolute Gasteiger partial charge is 0.493 e. The SMILES string of the molecule is COc1ccc(C(=O)n2nc(-c3ccc(Cl)cc3)nc2SCc2ccccc2)cc1OC. The van der Waals surface area contributed by atoms with Crippen molar-refractivity contribution in [3.8, 4) is 22.9 Å². The molecule has 0 spiro atoms. The number of rotatable bonds is 7. The van der Waals surface area contributed by atoms with Gasteiger partial charge in [0, 0.05) is 21.9 Å². The van der Waals surface area contributed by atoms with E-state index in [9.17, 15) is 4.79 Å². The van der Waals surface area contributed by atoms with Crippen LogP contribution in [0.15, 0.2) is 78.0 Å². The van der Waals surface area contributed by atoms with Crippen LogP contribution >= 0.6 is 23.4 Å². The molecule has 4 rings (SSSR count). The summed E-state index contributed by atoms with van der Waals surface area (Å²) in [6.07, 6.45) is 0. The van der Waals surface area contributed by atoms with Crippen LogP contribution in [0.4, 0.5) is 0 Å². The number of methoxy groups -OCH3 is 2. The fourth-order valence-electron chi connectivity index (χ4n) is 3.06. The highest BCUT2D eigenvalue weighted by atomic mass is 35.5. The van der Waals surface area contributed by atoms with Crippen LogP contribution in [0.25, 0.3) is 11.4 Å². The van der Waals surface area contributed by atoms with Gasteiger partial charge in [-0.05, 0) is 48.0 Å². The molecule has 1 aromatic heterocycles. The average molecular weight is 466 g/mol. The minimum atomic E-state index is -0.311. The van der Waals surface area contributed by atoms with Crippen molar-refractivity contribution in [1.82, 2.24) is 14.8 Å². The number of benzene rings is 3. The van der Waals surface area contributed by atoms with Gasteiger partial charge in [0.15, 0.2) is 22.5 Å². The number of thioether (sulfide) groups is 1. The van der Waals surface area contributed by atoms with Crippen LogP contribution in [0.3, 0.4) is 0 Å². The summed E-state index contributed by atoms with van der Waals surface area (Å²) in [6.45, 7) is 0. The third kappa shape index (κ3) is 4.79. The van der Waals surface area contributed by atoms with Crippen molar-refractivity contribution in [1.29, 1.82) is 0 Å². The summed E-state index contributed by atoms with van der Waals surface area (Å²) in [6, 6.07) is 22.2. The summed E-state index contributed by atoms with van der Waals surface area (Å²) in [5.74, 6) is 1.80. The normalized spacial score (nSPS) is 10.7. The molecule has 162 valence electrons. The average Bonchev–Trinajstić information content (AvgIpc) is 3.27. The molecule has 0 fully saturated rings. The van der Waals surface area contributed by atoms with Crippen LogP contribution in [0.1, 0.15) is 15.9 Å². The maximum absolute atomic E-state index is 13.4. The standard InChI is InChI=1S/C24H20ClN3O3S/c1-30-20-13-10-18(14-21(20)31-2)23(29)28-24(32-15-16-6-4-3-5-7-16)26-22(27-28)17-8-11-19(25)12-9-17/h3-14H,15H2,1-2H3. The van der Waals surface area contributed by atoms with Gasteiger partial charge in [0.05, 0.1) is 14.2 Å². The van der Waals surface area contributed by atoms with E-state index in [2.05, 4.69) is 10.1 Å². The molecule has 0 aliphatic carbocycles. The van der Waals surface area contributed by atoms with Crippen LogP contribution in [0.5, 0.6) is 11.5 Å². The van der Waals surface area contributed by atoms with Gasteiger partial charge in [0.2, 0.25) is 0 Å². The first kappa shape index (κ1) is 21.9. The lowest BCUT2D eigenvalue weighted by Crippen LogP contribution is -2.15. The first-order valence-corrected chi connectivity index (χ1v) is 11.1. The Hall–Kier alpha value is -3.29. The number of nitrogens with zero attached hydrogens (tertiary/aromatic N) is 3. The van der Waals surface area contributed by atoms with E-state index in [1.807, 2.05) is 42.5 Å². The maximum atomic E-state index is 13.4. The van der Waals surface area contributed by atoms with Gasteiger partial charge < -0.3 is 9.47 Å². The quantitative estimate of drug-likeness (QED) is 0.331. The molecular formula is C24H20ClN3O3S. The highest BCUT2D eigenvalue weighted by Crippen LogP contribution is 2.30. The van der Waals surface area contributed by atoms with Crippen LogP contribution in [-0.4, -0.2) is 34.9 Å². The Labute approximate surface area is 195 Å².